The number of carboxylic acids is 4. The zero-order valence-corrected chi connectivity index (χ0v) is 67.4. The van der Waals surface area contributed by atoms with Crippen molar-refractivity contribution in [2.24, 2.45) is 17.8 Å². The van der Waals surface area contributed by atoms with Gasteiger partial charge >= 0.3 is 54.0 Å². The summed E-state index contributed by atoms with van der Waals surface area (Å²) in [5.74, 6) is -11.7. The van der Waals surface area contributed by atoms with Crippen molar-refractivity contribution in [1.29, 1.82) is 0 Å². The van der Waals surface area contributed by atoms with E-state index in [2.05, 4.69) is 53.1 Å². The Morgan fingerprint density at radius 2 is 1.34 bits per heavy atom. The van der Waals surface area contributed by atoms with E-state index in [0.29, 0.717) is 36.1 Å². The summed E-state index contributed by atoms with van der Waals surface area (Å²) in [4.78, 5) is 202. The quantitative estimate of drug-likeness (QED) is 0.00869. The monoisotopic (exact) mass is 1640 g/mol. The molecule has 0 saturated carbocycles. The number of aromatic nitrogens is 1. The molecule has 11 amide bonds. The molecule has 0 radical (unpaired) electrons. The van der Waals surface area contributed by atoms with Gasteiger partial charge in [0.15, 0.2) is 12.8 Å². The number of benzene rings is 2. The highest BCUT2D eigenvalue weighted by atomic mass is 33.1. The zero-order valence-electron chi connectivity index (χ0n) is 65.0. The predicted molar refractivity (Wildman–Crippen MR) is 416 cm³/mol. The number of nitrogens with one attached hydrogen (secondary N) is 10. The topological polar surface area (TPSA) is 525 Å². The van der Waals surface area contributed by atoms with Gasteiger partial charge in [-0.1, -0.05) is 118 Å². The van der Waals surface area contributed by atoms with Crippen LogP contribution in [0.1, 0.15) is 178 Å². The van der Waals surface area contributed by atoms with Crippen molar-refractivity contribution in [3.63, 3.8) is 0 Å². The number of rotatable bonds is 49. The van der Waals surface area contributed by atoms with Gasteiger partial charge in [0.2, 0.25) is 29.5 Å². The molecule has 1 fully saturated rings. The Morgan fingerprint density at radius 3 is 1.96 bits per heavy atom. The maximum atomic E-state index is 15.0. The van der Waals surface area contributed by atoms with Gasteiger partial charge in [-0.2, -0.15) is 0 Å². The molecule has 0 aliphatic carbocycles. The number of nitrogens with zero attached hydrogens (tertiary/aromatic N) is 3. The van der Waals surface area contributed by atoms with E-state index in [1.807, 2.05) is 51.9 Å². The lowest BCUT2D eigenvalue weighted by molar-refractivity contribution is -0.160. The van der Waals surface area contributed by atoms with E-state index in [0.717, 1.165) is 30.7 Å². The standard InChI is InChI=1S/C74H109N13O23S3/c1-10-19-61(94)109-41-87(69(100)62(43(5)11-2)83-67(99)56-23-16-18-31-86(56)9)57(42(3)4)38-58(110-46(8)88)68-79-55(40-111-68)66(98)77-49(35-48-24-26-50(89)27-25-48)34-44(6)63(95)84-85-74(107)108-32-33-112-113-39-45(7)76-64(96)53(36-47-20-13-12-14-21-47)78-65(97)54(37-60(92)93)82-72(105)75-30-17-15-22-51(70(101)102)80-73(106)81-52(71(103)104)28-29-59(90)91/h12-14,20-21,24-27,40,42-45,49,51-54,56-58,62,89H,10-11,15-19,22-23,28-39,41H2,1-9H3,(H,76,96)(H,77,98)(H,78,97)(H,83,99)(H,84,95)(H,85,107)(H,90,91)(H,92,93)(H,101,102)(H,103,104)(H2,75,82,105)(H2,80,81,106)/t43?,44-,45+,49+,51-,52-,53-,54-,56+,57+,58+,62-/m0/s1. The molecule has 39 heteroatoms. The molecule has 15 N–H and O–H groups in total. The van der Waals surface area contributed by atoms with Crippen LogP contribution in [0.5, 0.6) is 5.75 Å². The van der Waals surface area contributed by atoms with Crippen molar-refractivity contribution in [3.8, 4) is 5.75 Å². The first kappa shape index (κ1) is 95.4. The minimum atomic E-state index is -1.69. The molecule has 1 saturated heterocycles. The van der Waals surface area contributed by atoms with Gasteiger partial charge in [0.1, 0.15) is 53.3 Å². The van der Waals surface area contributed by atoms with E-state index in [1.165, 1.54) is 50.9 Å². The van der Waals surface area contributed by atoms with Gasteiger partial charge in [-0.05, 0) is 113 Å². The van der Waals surface area contributed by atoms with Gasteiger partial charge < -0.3 is 87.2 Å². The van der Waals surface area contributed by atoms with Crippen LogP contribution in [-0.4, -0.2) is 229 Å². The van der Waals surface area contributed by atoms with Gasteiger partial charge in [-0.25, -0.2) is 34.4 Å². The number of phenols is 1. The number of aromatic hydroxyl groups is 1. The van der Waals surface area contributed by atoms with Crippen LogP contribution in [-0.2, 0) is 79.8 Å². The zero-order chi connectivity index (χ0) is 83.9. The summed E-state index contributed by atoms with van der Waals surface area (Å²) in [5, 5.41) is 69.4. The van der Waals surface area contributed by atoms with Crippen molar-refractivity contribution in [2.45, 2.75) is 219 Å². The first-order valence-corrected chi connectivity index (χ1v) is 40.8. The normalized spacial score (nSPS) is 15.6. The second kappa shape index (κ2) is 50.2. The number of piperidine rings is 1. The molecule has 1 unspecified atom stereocenters. The van der Waals surface area contributed by atoms with Crippen molar-refractivity contribution in [2.75, 3.05) is 45.0 Å². The number of carboxylic acid groups (broad SMARTS) is 4. The number of thiazole rings is 1. The lowest BCUT2D eigenvalue weighted by atomic mass is 9.92. The largest absolute Gasteiger partial charge is 0.508 e. The van der Waals surface area contributed by atoms with Crippen LogP contribution >= 0.6 is 32.9 Å². The first-order valence-electron chi connectivity index (χ1n) is 37.4. The number of hydrogen-bond acceptors (Lipinski definition) is 24. The molecule has 2 heterocycles. The summed E-state index contributed by atoms with van der Waals surface area (Å²) in [6.45, 7) is 13.8. The third-order valence-electron chi connectivity index (χ3n) is 18.2. The molecule has 113 heavy (non-hydrogen) atoms. The Labute approximate surface area is 667 Å². The fraction of sp³-hybridized carbons (Fsp3) is 0.595. The molecular weight excluding hydrogens is 1540 g/mol. The van der Waals surface area contributed by atoms with E-state index < -0.39 is 176 Å². The fourth-order valence-electron chi connectivity index (χ4n) is 11.9. The summed E-state index contributed by atoms with van der Waals surface area (Å²) in [5.41, 5.74) is 5.82. The van der Waals surface area contributed by atoms with Crippen LogP contribution in [0.2, 0.25) is 0 Å². The second-order valence-corrected chi connectivity index (χ2v) is 31.4. The molecule has 3 aromatic rings. The molecule has 0 spiro atoms. The Hall–Kier alpha value is -10.0. The van der Waals surface area contributed by atoms with Gasteiger partial charge in [-0.15, -0.1) is 11.3 Å². The van der Waals surface area contributed by atoms with Gasteiger partial charge in [0.25, 0.3) is 5.91 Å². The number of esters is 2. The minimum Gasteiger partial charge on any atom is -0.508 e. The van der Waals surface area contributed by atoms with E-state index in [1.54, 1.807) is 56.3 Å². The fourth-order valence-corrected chi connectivity index (χ4v) is 14.8. The SMILES string of the molecule is CCCC(=O)OCN(C(=O)[C@@H](NC(=O)[C@H]1CCCCN1C)C(C)CC)[C@H](C[C@@H](OC(C)=O)c1nc(C(=O)N[C@@H](Cc2ccc(O)cc2)C[C@H](C)C(=O)NNC(=O)OCCSSC[C@@H](C)NC(=O)[C@H](Cc2ccccc2)NC(=O)[C@H](CC(=O)O)NC(=O)NCCCC[C@H](NC(=O)N[C@@H](CCC(=O)O)C(=O)O)C(=O)O)cs1)C(C)C. The van der Waals surface area contributed by atoms with Crippen molar-refractivity contribution < 1.29 is 112 Å². The summed E-state index contributed by atoms with van der Waals surface area (Å²) < 4.78 is 16.9. The number of amides is 11. The molecule has 0 bridgehead atoms. The molecule has 36 nitrogen and oxygen atoms in total. The molecule has 12 atom stereocenters. The van der Waals surface area contributed by atoms with Crippen LogP contribution < -0.4 is 53.4 Å². The van der Waals surface area contributed by atoms with E-state index in [-0.39, 0.29) is 104 Å². The molecule has 1 aliphatic rings. The number of carbonyl (C=O) groups excluding carboxylic acids is 11. The average Bonchev–Trinajstić information content (AvgIpc) is 1.76. The van der Waals surface area contributed by atoms with Gasteiger partial charge in [-0.3, -0.25) is 58.3 Å². The summed E-state index contributed by atoms with van der Waals surface area (Å²) in [6, 6.07) is 3.07. The van der Waals surface area contributed by atoms with Crippen molar-refractivity contribution in [3.05, 3.63) is 81.8 Å². The third-order valence-corrected chi connectivity index (χ3v) is 21.7. The number of hydrogen-bond donors (Lipinski definition) is 15. The maximum absolute atomic E-state index is 15.0. The molecule has 1 aliphatic heterocycles. The van der Waals surface area contributed by atoms with Gasteiger partial charge in [0.05, 0.1) is 12.5 Å². The Balaban J connectivity index is 1.32. The lowest BCUT2D eigenvalue weighted by Gasteiger charge is -2.39. The van der Waals surface area contributed by atoms with Crippen molar-refractivity contribution >= 4 is 122 Å². The first-order chi connectivity index (χ1) is 53.6. The number of ether oxygens (including phenoxy) is 3. The van der Waals surface area contributed by atoms with E-state index >= 15 is 4.79 Å². The summed E-state index contributed by atoms with van der Waals surface area (Å²) in [7, 11) is 4.47. The van der Waals surface area contributed by atoms with Crippen LogP contribution in [0.4, 0.5) is 14.4 Å². The number of carbonyl (C=O) groups is 15. The van der Waals surface area contributed by atoms with E-state index in [4.69, 9.17) is 19.3 Å². The molecule has 4 rings (SSSR count). The Morgan fingerprint density at radius 1 is 0.681 bits per heavy atom. The lowest BCUT2D eigenvalue weighted by Crippen LogP contribution is -2.59. The number of hydrazine groups is 1. The van der Waals surface area contributed by atoms with Crippen LogP contribution in [0.15, 0.2) is 60.0 Å². The average molecular weight is 1640 g/mol. The predicted octanol–water partition coefficient (Wildman–Crippen LogP) is 5.13. The Kier molecular flexibility index (Phi) is 42.3. The van der Waals surface area contributed by atoms with Crippen molar-refractivity contribution in [1.82, 2.24) is 68.2 Å². The molecule has 2 aromatic carbocycles. The highest BCUT2D eigenvalue weighted by Crippen LogP contribution is 2.33. The van der Waals surface area contributed by atoms with Crippen LogP contribution in [0.3, 0.4) is 0 Å². The number of unbranched alkanes of at least 4 members (excludes halogenated alkanes) is 1. The molecular formula is C74H109N13O23S3. The number of urea groups is 2. The number of likely N-dealkylation sites (tertiary alicyclic amines) is 1. The van der Waals surface area contributed by atoms with Crippen LogP contribution in [0.25, 0.3) is 0 Å². The van der Waals surface area contributed by atoms with Gasteiger partial charge in [0, 0.05) is 80.1 Å². The van der Waals surface area contributed by atoms with Crippen LogP contribution in [0, 0.1) is 17.8 Å². The molecule has 626 valence electrons. The summed E-state index contributed by atoms with van der Waals surface area (Å²) >= 11 is 1.03. The number of likely N-dealkylation sites (N-methyl/N-ethyl adjacent to an activating group) is 1. The highest BCUT2D eigenvalue weighted by molar-refractivity contribution is 8.76. The molecule has 1 aromatic heterocycles. The second-order valence-electron chi connectivity index (χ2n) is 27.9. The Bertz CT molecular complexity index is 3660. The van der Waals surface area contributed by atoms with E-state index in [9.17, 15) is 87.5 Å². The number of phenolic OH excluding ortho intramolecular Hbond substituents is 1. The number of aliphatic carboxylic acids is 4. The smallest absolute Gasteiger partial charge is 0.426 e. The maximum Gasteiger partial charge on any atom is 0.426 e. The highest BCUT2D eigenvalue weighted by Gasteiger charge is 2.40. The third kappa shape index (κ3) is 35.7. The summed E-state index contributed by atoms with van der Waals surface area (Å²) in [6.07, 6.45) is -0.416. The minimum absolute atomic E-state index is 0.00390.